The first-order chi connectivity index (χ1) is 9.34. The number of hydrazine groups is 1. The molecule has 0 spiro atoms. The van der Waals surface area contributed by atoms with Crippen LogP contribution in [0.3, 0.4) is 0 Å². The van der Waals surface area contributed by atoms with Crippen LogP contribution in [-0.2, 0) is 11.2 Å². The molecule has 3 atom stereocenters. The van der Waals surface area contributed by atoms with E-state index in [2.05, 4.69) is 28.3 Å². The Balaban J connectivity index is 1.47. The van der Waals surface area contributed by atoms with Gasteiger partial charge in [-0.1, -0.05) is 36.8 Å². The molecule has 3 N–H and O–H groups in total. The first kappa shape index (κ1) is 12.6. The van der Waals surface area contributed by atoms with Gasteiger partial charge in [-0.2, -0.15) is 0 Å². The average Bonchev–Trinajstić information content (AvgIpc) is 3.02. The molecular formula is C15H21N3O. The van der Waals surface area contributed by atoms with Crippen molar-refractivity contribution in [3.63, 3.8) is 0 Å². The van der Waals surface area contributed by atoms with Crippen molar-refractivity contribution in [2.75, 3.05) is 6.54 Å². The summed E-state index contributed by atoms with van der Waals surface area (Å²) in [6.45, 7) is 0.707. The first-order valence-electron chi connectivity index (χ1n) is 7.17. The third-order valence-corrected chi connectivity index (χ3v) is 4.26. The molecule has 3 unspecified atom stereocenters. The van der Waals surface area contributed by atoms with Gasteiger partial charge < -0.3 is 5.32 Å². The Kier molecular flexibility index (Phi) is 3.80. The molecule has 1 aromatic rings. The second kappa shape index (κ2) is 5.72. The number of nitrogens with one attached hydrogen (secondary N) is 3. The van der Waals surface area contributed by atoms with E-state index in [1.807, 2.05) is 18.2 Å². The molecule has 1 saturated heterocycles. The minimum absolute atomic E-state index is 0.0525. The smallest absolute Gasteiger partial charge is 0.238 e. The molecule has 3 rings (SSSR count). The number of hydrogen-bond acceptors (Lipinski definition) is 3. The average molecular weight is 259 g/mol. The van der Waals surface area contributed by atoms with Crippen LogP contribution in [0.1, 0.15) is 24.8 Å². The van der Waals surface area contributed by atoms with Crippen LogP contribution in [0, 0.1) is 5.92 Å². The normalized spacial score (nSPS) is 29.2. The number of rotatable bonds is 4. The van der Waals surface area contributed by atoms with Crippen molar-refractivity contribution < 1.29 is 4.79 Å². The maximum atomic E-state index is 12.2. The molecule has 0 radical (unpaired) electrons. The van der Waals surface area contributed by atoms with Crippen molar-refractivity contribution in [2.24, 2.45) is 5.92 Å². The lowest BCUT2D eigenvalue weighted by Gasteiger charge is -2.16. The molecule has 2 aliphatic rings. The van der Waals surface area contributed by atoms with E-state index in [1.54, 1.807) is 0 Å². The number of benzene rings is 1. The summed E-state index contributed by atoms with van der Waals surface area (Å²) in [4.78, 5) is 12.2. The van der Waals surface area contributed by atoms with Gasteiger partial charge >= 0.3 is 0 Å². The lowest BCUT2D eigenvalue weighted by atomic mass is 9.97. The van der Waals surface area contributed by atoms with Gasteiger partial charge in [0.05, 0.1) is 0 Å². The van der Waals surface area contributed by atoms with Gasteiger partial charge in [-0.15, -0.1) is 0 Å². The molecule has 19 heavy (non-hydrogen) atoms. The maximum absolute atomic E-state index is 12.2. The fraction of sp³-hybridized carbons (Fsp3) is 0.533. The zero-order chi connectivity index (χ0) is 13.1. The van der Waals surface area contributed by atoms with E-state index in [9.17, 15) is 4.79 Å². The van der Waals surface area contributed by atoms with Gasteiger partial charge in [0.1, 0.15) is 6.04 Å². The number of carbonyl (C=O) groups is 1. The molecular weight excluding hydrogens is 238 g/mol. The predicted molar refractivity (Wildman–Crippen MR) is 74.3 cm³/mol. The standard InChI is InChI=1S/C15H21N3O/c19-15(14-12-7-4-8-13(12)17-18-14)16-10-9-11-5-2-1-3-6-11/h1-3,5-6,12-14,17-18H,4,7-10H2,(H,16,19). The van der Waals surface area contributed by atoms with Gasteiger partial charge in [0.2, 0.25) is 5.91 Å². The SMILES string of the molecule is O=C(NCCc1ccccc1)C1NNC2CCCC21. The summed E-state index contributed by atoms with van der Waals surface area (Å²) in [5.74, 6) is 0.606. The summed E-state index contributed by atoms with van der Waals surface area (Å²) in [7, 11) is 0. The van der Waals surface area contributed by atoms with E-state index in [0.717, 1.165) is 12.8 Å². The van der Waals surface area contributed by atoms with Gasteiger partial charge in [0.25, 0.3) is 0 Å². The van der Waals surface area contributed by atoms with Gasteiger partial charge in [0, 0.05) is 18.5 Å². The third kappa shape index (κ3) is 2.80. The highest BCUT2D eigenvalue weighted by Gasteiger charge is 2.42. The van der Waals surface area contributed by atoms with Crippen LogP contribution in [0.5, 0.6) is 0 Å². The minimum Gasteiger partial charge on any atom is -0.354 e. The van der Waals surface area contributed by atoms with Crippen molar-refractivity contribution in [2.45, 2.75) is 37.8 Å². The molecule has 0 aromatic heterocycles. The zero-order valence-corrected chi connectivity index (χ0v) is 11.1. The highest BCUT2D eigenvalue weighted by atomic mass is 16.2. The third-order valence-electron chi connectivity index (χ3n) is 4.26. The second-order valence-electron chi connectivity index (χ2n) is 5.49. The van der Waals surface area contributed by atoms with Crippen molar-refractivity contribution in [3.8, 4) is 0 Å². The second-order valence-corrected chi connectivity index (χ2v) is 5.49. The molecule has 1 aliphatic heterocycles. The molecule has 1 heterocycles. The summed E-state index contributed by atoms with van der Waals surface area (Å²) in [6.07, 6.45) is 4.46. The van der Waals surface area contributed by atoms with Crippen LogP contribution in [0.2, 0.25) is 0 Å². The fourth-order valence-electron chi connectivity index (χ4n) is 3.22. The highest BCUT2D eigenvalue weighted by molar-refractivity contribution is 5.82. The molecule has 4 nitrogen and oxygen atoms in total. The number of fused-ring (bicyclic) bond motifs is 1. The summed E-state index contributed by atoms with van der Waals surface area (Å²) >= 11 is 0. The Morgan fingerprint density at radius 1 is 1.21 bits per heavy atom. The quantitative estimate of drug-likeness (QED) is 0.756. The van der Waals surface area contributed by atoms with Gasteiger partial charge in [0.15, 0.2) is 0 Å². The molecule has 0 bridgehead atoms. The van der Waals surface area contributed by atoms with Crippen molar-refractivity contribution in [1.82, 2.24) is 16.2 Å². The Morgan fingerprint density at radius 2 is 2.05 bits per heavy atom. The van der Waals surface area contributed by atoms with E-state index in [0.29, 0.717) is 18.5 Å². The van der Waals surface area contributed by atoms with Gasteiger partial charge in [-0.05, 0) is 24.8 Å². The Bertz CT molecular complexity index is 434. The monoisotopic (exact) mass is 259 g/mol. The number of hydrogen-bond donors (Lipinski definition) is 3. The number of amides is 1. The fourth-order valence-corrected chi connectivity index (χ4v) is 3.22. The van der Waals surface area contributed by atoms with Crippen LogP contribution < -0.4 is 16.2 Å². The zero-order valence-electron chi connectivity index (χ0n) is 11.1. The summed E-state index contributed by atoms with van der Waals surface area (Å²) in [5.41, 5.74) is 7.65. The van der Waals surface area contributed by atoms with Crippen molar-refractivity contribution in [1.29, 1.82) is 0 Å². The van der Waals surface area contributed by atoms with Crippen molar-refractivity contribution in [3.05, 3.63) is 35.9 Å². The van der Waals surface area contributed by atoms with Gasteiger partial charge in [-0.25, -0.2) is 5.43 Å². The lowest BCUT2D eigenvalue weighted by molar-refractivity contribution is -0.123. The van der Waals surface area contributed by atoms with Crippen LogP contribution in [0.15, 0.2) is 30.3 Å². The molecule has 1 saturated carbocycles. The van der Waals surface area contributed by atoms with E-state index in [-0.39, 0.29) is 11.9 Å². The largest absolute Gasteiger partial charge is 0.354 e. The molecule has 1 amide bonds. The van der Waals surface area contributed by atoms with E-state index in [1.165, 1.54) is 18.4 Å². The Morgan fingerprint density at radius 3 is 2.89 bits per heavy atom. The minimum atomic E-state index is -0.0525. The summed E-state index contributed by atoms with van der Waals surface area (Å²) < 4.78 is 0. The van der Waals surface area contributed by atoms with E-state index in [4.69, 9.17) is 0 Å². The van der Waals surface area contributed by atoms with E-state index >= 15 is 0 Å². The molecule has 1 aromatic carbocycles. The van der Waals surface area contributed by atoms with Crippen LogP contribution in [0.4, 0.5) is 0 Å². The topological polar surface area (TPSA) is 53.2 Å². The summed E-state index contributed by atoms with van der Waals surface area (Å²) in [5, 5.41) is 3.04. The Hall–Kier alpha value is -1.39. The first-order valence-corrected chi connectivity index (χ1v) is 7.17. The van der Waals surface area contributed by atoms with Gasteiger partial charge in [-0.3, -0.25) is 10.2 Å². The number of carbonyl (C=O) groups excluding carboxylic acids is 1. The molecule has 102 valence electrons. The summed E-state index contributed by atoms with van der Waals surface area (Å²) in [6, 6.07) is 10.7. The van der Waals surface area contributed by atoms with Crippen molar-refractivity contribution >= 4 is 5.91 Å². The molecule has 1 aliphatic carbocycles. The van der Waals surface area contributed by atoms with Crippen LogP contribution in [0.25, 0.3) is 0 Å². The van der Waals surface area contributed by atoms with Crippen LogP contribution in [-0.4, -0.2) is 24.5 Å². The Labute approximate surface area is 113 Å². The van der Waals surface area contributed by atoms with Crippen LogP contribution >= 0.6 is 0 Å². The van der Waals surface area contributed by atoms with E-state index < -0.39 is 0 Å². The predicted octanol–water partition coefficient (Wildman–Crippen LogP) is 0.990. The maximum Gasteiger partial charge on any atom is 0.238 e. The highest BCUT2D eigenvalue weighted by Crippen LogP contribution is 2.31. The lowest BCUT2D eigenvalue weighted by Crippen LogP contribution is -2.46. The molecule has 4 heteroatoms. The molecule has 2 fully saturated rings.